The lowest BCUT2D eigenvalue weighted by Crippen LogP contribution is -2.39. The molecule has 3 rings (SSSR count). The van der Waals surface area contributed by atoms with Crippen LogP contribution in [0.1, 0.15) is 24.8 Å². The molecule has 1 aromatic carbocycles. The lowest BCUT2D eigenvalue weighted by atomic mass is 10.0. The van der Waals surface area contributed by atoms with Gasteiger partial charge < -0.3 is 4.79 Å². The molecule has 98 valence electrons. The maximum atomic E-state index is 11.1. The molecule has 0 spiro atoms. The predicted octanol–water partition coefficient (Wildman–Crippen LogP) is 2.79. The van der Waals surface area contributed by atoms with Gasteiger partial charge in [-0.25, -0.2) is 0 Å². The molecule has 19 heavy (non-hydrogen) atoms. The van der Waals surface area contributed by atoms with E-state index in [2.05, 4.69) is 34.1 Å². The normalized spacial score (nSPS) is 20.5. The van der Waals surface area contributed by atoms with Crippen LogP contribution in [0, 0.1) is 0 Å². The molecule has 1 unspecified atom stereocenters. The van der Waals surface area contributed by atoms with Crippen LogP contribution in [0.5, 0.6) is 0 Å². The fourth-order valence-electron chi connectivity index (χ4n) is 2.83. The summed E-state index contributed by atoms with van der Waals surface area (Å²) in [5.41, 5.74) is 2.28. The van der Waals surface area contributed by atoms with Crippen LogP contribution in [-0.4, -0.2) is 28.8 Å². The lowest BCUT2D eigenvalue weighted by Gasteiger charge is -2.32. The number of likely N-dealkylation sites (tertiary alicyclic amines) is 1. The van der Waals surface area contributed by atoms with Gasteiger partial charge in [-0.1, -0.05) is 18.6 Å². The van der Waals surface area contributed by atoms with Gasteiger partial charge in [0.1, 0.15) is 6.29 Å². The number of rotatable bonds is 3. The van der Waals surface area contributed by atoms with Crippen molar-refractivity contribution in [3.63, 3.8) is 0 Å². The second-order valence-electron chi connectivity index (χ2n) is 5.20. The summed E-state index contributed by atoms with van der Waals surface area (Å²) in [7, 11) is 0. The number of fused-ring (bicyclic) bond motifs is 1. The standard InChI is InChI=1S/C16H18N2O/c19-12-15-5-1-2-9-18(15)11-13-6-7-16-14(10-13)4-3-8-17-16/h3-4,6-8,10,12,15H,1-2,5,9,11H2. The third-order valence-electron chi connectivity index (χ3n) is 3.87. The first-order chi connectivity index (χ1) is 9.36. The fraction of sp³-hybridized carbons (Fsp3) is 0.375. The zero-order chi connectivity index (χ0) is 13.1. The Bertz CT molecular complexity index is 582. The highest BCUT2D eigenvalue weighted by Crippen LogP contribution is 2.20. The van der Waals surface area contributed by atoms with E-state index in [0.717, 1.165) is 31.3 Å². The van der Waals surface area contributed by atoms with Crippen LogP contribution in [0.25, 0.3) is 10.9 Å². The minimum Gasteiger partial charge on any atom is -0.302 e. The molecule has 1 atom stereocenters. The number of aromatic nitrogens is 1. The summed E-state index contributed by atoms with van der Waals surface area (Å²) >= 11 is 0. The van der Waals surface area contributed by atoms with Crippen LogP contribution < -0.4 is 0 Å². The van der Waals surface area contributed by atoms with Crippen molar-refractivity contribution in [2.24, 2.45) is 0 Å². The van der Waals surface area contributed by atoms with E-state index in [9.17, 15) is 4.79 Å². The molecular weight excluding hydrogens is 236 g/mol. The van der Waals surface area contributed by atoms with Gasteiger partial charge in [0.05, 0.1) is 11.6 Å². The molecule has 0 bridgehead atoms. The summed E-state index contributed by atoms with van der Waals surface area (Å²) in [4.78, 5) is 17.7. The van der Waals surface area contributed by atoms with Gasteiger partial charge in [-0.3, -0.25) is 9.88 Å². The van der Waals surface area contributed by atoms with Crippen molar-refractivity contribution >= 4 is 17.2 Å². The number of carbonyl (C=O) groups excluding carboxylic acids is 1. The van der Waals surface area contributed by atoms with E-state index in [1.807, 2.05) is 12.3 Å². The Morgan fingerprint density at radius 1 is 1.32 bits per heavy atom. The third kappa shape index (κ3) is 2.66. The van der Waals surface area contributed by atoms with E-state index in [1.54, 1.807) is 0 Å². The highest BCUT2D eigenvalue weighted by molar-refractivity contribution is 5.78. The predicted molar refractivity (Wildman–Crippen MR) is 75.9 cm³/mol. The van der Waals surface area contributed by atoms with E-state index in [-0.39, 0.29) is 6.04 Å². The van der Waals surface area contributed by atoms with Crippen molar-refractivity contribution in [2.45, 2.75) is 31.8 Å². The summed E-state index contributed by atoms with van der Waals surface area (Å²) in [5.74, 6) is 0. The SMILES string of the molecule is O=CC1CCCCN1Cc1ccc2ncccc2c1. The van der Waals surface area contributed by atoms with Crippen molar-refractivity contribution in [3.05, 3.63) is 42.1 Å². The molecule has 2 heterocycles. The molecular formula is C16H18N2O. The second kappa shape index (κ2) is 5.49. The van der Waals surface area contributed by atoms with E-state index >= 15 is 0 Å². The number of hydrogen-bond donors (Lipinski definition) is 0. The number of benzene rings is 1. The lowest BCUT2D eigenvalue weighted by molar-refractivity contribution is -0.113. The highest BCUT2D eigenvalue weighted by atomic mass is 16.1. The third-order valence-corrected chi connectivity index (χ3v) is 3.87. The average molecular weight is 254 g/mol. The van der Waals surface area contributed by atoms with Crippen molar-refractivity contribution < 1.29 is 4.79 Å². The quantitative estimate of drug-likeness (QED) is 0.790. The molecule has 3 nitrogen and oxygen atoms in total. The fourth-order valence-corrected chi connectivity index (χ4v) is 2.83. The van der Waals surface area contributed by atoms with E-state index in [0.29, 0.717) is 0 Å². The van der Waals surface area contributed by atoms with Crippen LogP contribution in [-0.2, 0) is 11.3 Å². The van der Waals surface area contributed by atoms with Gasteiger partial charge in [0, 0.05) is 18.1 Å². The first-order valence-corrected chi connectivity index (χ1v) is 6.90. The molecule has 1 aromatic heterocycles. The number of carbonyl (C=O) groups is 1. The number of nitrogens with zero attached hydrogens (tertiary/aromatic N) is 2. The summed E-state index contributed by atoms with van der Waals surface area (Å²) in [6.07, 6.45) is 6.27. The molecule has 3 heteroatoms. The highest BCUT2D eigenvalue weighted by Gasteiger charge is 2.21. The first kappa shape index (κ1) is 12.3. The molecule has 2 aromatic rings. The van der Waals surface area contributed by atoms with Gasteiger partial charge in [0.25, 0.3) is 0 Å². The largest absolute Gasteiger partial charge is 0.302 e. The molecule has 0 radical (unpaired) electrons. The van der Waals surface area contributed by atoms with Gasteiger partial charge in [0.2, 0.25) is 0 Å². The molecule has 0 aliphatic carbocycles. The van der Waals surface area contributed by atoms with Crippen LogP contribution in [0.4, 0.5) is 0 Å². The zero-order valence-corrected chi connectivity index (χ0v) is 11.0. The van der Waals surface area contributed by atoms with Crippen molar-refractivity contribution in [3.8, 4) is 0 Å². The second-order valence-corrected chi connectivity index (χ2v) is 5.20. The minimum absolute atomic E-state index is 0.0957. The summed E-state index contributed by atoms with van der Waals surface area (Å²) < 4.78 is 0. The van der Waals surface area contributed by atoms with Crippen LogP contribution in [0.2, 0.25) is 0 Å². The average Bonchev–Trinajstić information content (AvgIpc) is 2.48. The Labute approximate surface area is 113 Å². The van der Waals surface area contributed by atoms with Crippen molar-refractivity contribution in [1.82, 2.24) is 9.88 Å². The maximum absolute atomic E-state index is 11.1. The van der Waals surface area contributed by atoms with Gasteiger partial charge in [-0.05, 0) is 43.1 Å². The Kier molecular flexibility index (Phi) is 3.56. The smallest absolute Gasteiger partial charge is 0.137 e. The monoisotopic (exact) mass is 254 g/mol. The Morgan fingerprint density at radius 2 is 2.26 bits per heavy atom. The van der Waals surface area contributed by atoms with Crippen molar-refractivity contribution in [2.75, 3.05) is 6.54 Å². The van der Waals surface area contributed by atoms with E-state index in [1.165, 1.54) is 23.8 Å². The van der Waals surface area contributed by atoms with Gasteiger partial charge >= 0.3 is 0 Å². The van der Waals surface area contributed by atoms with Crippen LogP contribution >= 0.6 is 0 Å². The van der Waals surface area contributed by atoms with Crippen LogP contribution in [0.3, 0.4) is 0 Å². The number of aldehydes is 1. The maximum Gasteiger partial charge on any atom is 0.137 e. The molecule has 0 N–H and O–H groups in total. The molecule has 1 fully saturated rings. The Morgan fingerprint density at radius 3 is 3.16 bits per heavy atom. The molecule has 0 saturated carbocycles. The number of pyridine rings is 1. The molecule has 0 amide bonds. The molecule has 1 aliphatic rings. The summed E-state index contributed by atoms with van der Waals surface area (Å²) in [6.45, 7) is 1.88. The van der Waals surface area contributed by atoms with Gasteiger partial charge in [0.15, 0.2) is 0 Å². The molecule has 1 aliphatic heterocycles. The van der Waals surface area contributed by atoms with E-state index in [4.69, 9.17) is 0 Å². The van der Waals surface area contributed by atoms with Crippen molar-refractivity contribution in [1.29, 1.82) is 0 Å². The molecule has 1 saturated heterocycles. The Hall–Kier alpha value is -1.74. The van der Waals surface area contributed by atoms with E-state index < -0.39 is 0 Å². The summed E-state index contributed by atoms with van der Waals surface area (Å²) in [6, 6.07) is 10.5. The number of hydrogen-bond acceptors (Lipinski definition) is 3. The van der Waals surface area contributed by atoms with Gasteiger partial charge in [-0.2, -0.15) is 0 Å². The minimum atomic E-state index is 0.0957. The zero-order valence-electron chi connectivity index (χ0n) is 11.0. The Balaban J connectivity index is 1.82. The first-order valence-electron chi connectivity index (χ1n) is 6.90. The van der Waals surface area contributed by atoms with Crippen LogP contribution in [0.15, 0.2) is 36.5 Å². The topological polar surface area (TPSA) is 33.2 Å². The van der Waals surface area contributed by atoms with Gasteiger partial charge in [-0.15, -0.1) is 0 Å². The number of piperidine rings is 1. The summed E-state index contributed by atoms with van der Waals surface area (Å²) in [5, 5.41) is 1.17.